The Labute approximate surface area is 279 Å². The van der Waals surface area contributed by atoms with Crippen LogP contribution in [0.2, 0.25) is 0 Å². The van der Waals surface area contributed by atoms with Crippen LogP contribution in [0, 0.1) is 5.92 Å². The maximum Gasteiger partial charge on any atom is 0.271 e. The fraction of sp³-hybridized carbons (Fsp3) is 0.375. The van der Waals surface area contributed by atoms with E-state index in [9.17, 15) is 24.0 Å². The molecule has 3 aromatic heterocycles. The largest absolute Gasteiger partial charge is 0.351 e. The molecule has 1 aliphatic heterocycles. The molecule has 4 heterocycles. The minimum absolute atomic E-state index is 0.0122. The zero-order valence-electron chi connectivity index (χ0n) is 26.0. The van der Waals surface area contributed by atoms with Crippen molar-refractivity contribution in [2.24, 2.45) is 5.92 Å². The normalized spacial score (nSPS) is 18.0. The van der Waals surface area contributed by atoms with Gasteiger partial charge in [0.25, 0.3) is 17.4 Å². The quantitative estimate of drug-likeness (QED) is 0.241. The van der Waals surface area contributed by atoms with Gasteiger partial charge in [-0.15, -0.1) is 22.7 Å². The second-order valence-electron chi connectivity index (χ2n) is 11.5. The molecule has 0 saturated heterocycles. The van der Waals surface area contributed by atoms with Gasteiger partial charge in [-0.05, 0) is 30.4 Å². The Bertz CT molecular complexity index is 1750. The SMILES string of the molecule is CC(C)[C@@H]1NC(=O)c2csc(n2)[C@H](Cc2ccccc2)NC(=O)CN(C(=O)CCc2ccc(=O)[nH]n2)CCCNC(=O)c2csc1n2. The molecule has 0 aliphatic carbocycles. The topological polar surface area (TPSA) is 179 Å². The van der Waals surface area contributed by atoms with Gasteiger partial charge in [-0.2, -0.15) is 5.10 Å². The van der Waals surface area contributed by atoms with Gasteiger partial charge in [0.2, 0.25) is 11.8 Å². The summed E-state index contributed by atoms with van der Waals surface area (Å²) in [6.07, 6.45) is 1.16. The van der Waals surface area contributed by atoms with Crippen molar-refractivity contribution in [3.05, 3.63) is 96.2 Å². The van der Waals surface area contributed by atoms with E-state index in [0.29, 0.717) is 28.6 Å². The van der Waals surface area contributed by atoms with Gasteiger partial charge in [0.1, 0.15) is 21.4 Å². The number of H-pyrrole nitrogens is 1. The second kappa shape index (κ2) is 15.7. The molecule has 1 aromatic carbocycles. The number of carbonyl (C=O) groups is 4. The molecule has 4 N–H and O–H groups in total. The molecule has 4 bridgehead atoms. The number of hydrogen-bond donors (Lipinski definition) is 4. The highest BCUT2D eigenvalue weighted by atomic mass is 32.1. The summed E-state index contributed by atoms with van der Waals surface area (Å²) in [6.45, 7) is 4.17. The number of aromatic nitrogens is 4. The first-order valence-corrected chi connectivity index (χ1v) is 17.1. The van der Waals surface area contributed by atoms with Crippen molar-refractivity contribution in [3.63, 3.8) is 0 Å². The Morgan fingerprint density at radius 2 is 1.66 bits per heavy atom. The van der Waals surface area contributed by atoms with Crippen LogP contribution in [0.1, 0.15) is 81.0 Å². The molecule has 0 radical (unpaired) electrons. The maximum absolute atomic E-state index is 13.5. The molecule has 13 nitrogen and oxygen atoms in total. The van der Waals surface area contributed by atoms with Crippen molar-refractivity contribution < 1.29 is 19.2 Å². The lowest BCUT2D eigenvalue weighted by atomic mass is 10.0. The Hall–Kier alpha value is -4.76. The molecule has 5 rings (SSSR count). The van der Waals surface area contributed by atoms with Crippen LogP contribution in [0.4, 0.5) is 0 Å². The predicted molar refractivity (Wildman–Crippen MR) is 177 cm³/mol. The average Bonchev–Trinajstić information content (AvgIpc) is 3.75. The van der Waals surface area contributed by atoms with E-state index in [1.165, 1.54) is 33.6 Å². The minimum atomic E-state index is -0.553. The lowest BCUT2D eigenvalue weighted by Gasteiger charge is -2.24. The summed E-state index contributed by atoms with van der Waals surface area (Å²) >= 11 is 2.57. The van der Waals surface area contributed by atoms with Gasteiger partial charge >= 0.3 is 0 Å². The number of aromatic amines is 1. The molecule has 0 spiro atoms. The van der Waals surface area contributed by atoms with E-state index in [-0.39, 0.29) is 79.0 Å². The monoisotopic (exact) mass is 676 g/mol. The van der Waals surface area contributed by atoms with E-state index in [1.54, 1.807) is 16.8 Å². The summed E-state index contributed by atoms with van der Waals surface area (Å²) in [5.74, 6) is -1.43. The van der Waals surface area contributed by atoms with Gasteiger partial charge in [-0.25, -0.2) is 15.1 Å². The number of benzene rings is 1. The molecule has 15 heteroatoms. The van der Waals surface area contributed by atoms with Crippen molar-refractivity contribution >= 4 is 46.3 Å². The summed E-state index contributed by atoms with van der Waals surface area (Å²) in [4.78, 5) is 75.2. The van der Waals surface area contributed by atoms with E-state index in [2.05, 4.69) is 36.1 Å². The number of carbonyl (C=O) groups excluding carboxylic acids is 4. The van der Waals surface area contributed by atoms with E-state index < -0.39 is 12.1 Å². The van der Waals surface area contributed by atoms with E-state index >= 15 is 0 Å². The summed E-state index contributed by atoms with van der Waals surface area (Å²) in [7, 11) is 0. The zero-order valence-corrected chi connectivity index (χ0v) is 27.7. The van der Waals surface area contributed by atoms with Crippen LogP contribution in [-0.4, -0.2) is 68.3 Å². The number of nitrogens with one attached hydrogen (secondary N) is 4. The molecule has 0 unspecified atom stereocenters. The molecule has 4 amide bonds. The third-order valence-corrected chi connectivity index (χ3v) is 9.44. The van der Waals surface area contributed by atoms with Crippen LogP contribution in [0.15, 0.2) is 58.0 Å². The zero-order chi connectivity index (χ0) is 33.3. The van der Waals surface area contributed by atoms with E-state index in [1.807, 2.05) is 44.2 Å². The fourth-order valence-electron chi connectivity index (χ4n) is 5.04. The molecule has 2 atom stereocenters. The summed E-state index contributed by atoms with van der Waals surface area (Å²) in [5, 5.41) is 19.7. The first kappa shape index (κ1) is 33.6. The van der Waals surface area contributed by atoms with Gasteiger partial charge in [0.15, 0.2) is 0 Å². The van der Waals surface area contributed by atoms with Crippen LogP contribution in [0.25, 0.3) is 0 Å². The number of nitrogens with zero attached hydrogens (tertiary/aromatic N) is 4. The van der Waals surface area contributed by atoms with Crippen molar-refractivity contribution in [1.29, 1.82) is 0 Å². The van der Waals surface area contributed by atoms with E-state index in [4.69, 9.17) is 0 Å². The van der Waals surface area contributed by atoms with Crippen molar-refractivity contribution in [2.45, 2.75) is 51.6 Å². The first-order valence-electron chi connectivity index (χ1n) is 15.3. The highest BCUT2D eigenvalue weighted by molar-refractivity contribution is 7.10. The van der Waals surface area contributed by atoms with Crippen molar-refractivity contribution in [3.8, 4) is 0 Å². The van der Waals surface area contributed by atoms with Gasteiger partial charge in [0, 0.05) is 42.8 Å². The highest BCUT2D eigenvalue weighted by Gasteiger charge is 2.27. The number of aryl methyl sites for hydroxylation is 1. The molecule has 0 saturated carbocycles. The molecular formula is C32H36N8O5S2. The van der Waals surface area contributed by atoms with Gasteiger partial charge in [-0.1, -0.05) is 44.2 Å². The fourth-order valence-corrected chi connectivity index (χ4v) is 6.91. The molecular weight excluding hydrogens is 641 g/mol. The van der Waals surface area contributed by atoms with E-state index in [0.717, 1.165) is 5.56 Å². The van der Waals surface area contributed by atoms with Gasteiger partial charge < -0.3 is 20.9 Å². The predicted octanol–water partition coefficient (Wildman–Crippen LogP) is 2.80. The minimum Gasteiger partial charge on any atom is -0.351 e. The maximum atomic E-state index is 13.5. The molecule has 0 fully saturated rings. The Morgan fingerprint density at radius 3 is 2.38 bits per heavy atom. The number of fused-ring (bicyclic) bond motifs is 4. The van der Waals surface area contributed by atoms with Crippen LogP contribution >= 0.6 is 22.7 Å². The Morgan fingerprint density at radius 1 is 0.936 bits per heavy atom. The number of hydrogen-bond acceptors (Lipinski definition) is 10. The molecule has 246 valence electrons. The lowest BCUT2D eigenvalue weighted by molar-refractivity contribution is -0.136. The van der Waals surface area contributed by atoms with Crippen LogP contribution in [0.3, 0.4) is 0 Å². The van der Waals surface area contributed by atoms with Crippen molar-refractivity contribution in [2.75, 3.05) is 19.6 Å². The summed E-state index contributed by atoms with van der Waals surface area (Å²) in [6, 6.07) is 11.5. The number of rotatable bonds is 6. The lowest BCUT2D eigenvalue weighted by Crippen LogP contribution is -2.43. The molecule has 47 heavy (non-hydrogen) atoms. The van der Waals surface area contributed by atoms with Gasteiger partial charge in [-0.3, -0.25) is 24.0 Å². The first-order chi connectivity index (χ1) is 22.7. The Balaban J connectivity index is 1.41. The third kappa shape index (κ3) is 9.16. The summed E-state index contributed by atoms with van der Waals surface area (Å²) in [5.41, 5.74) is 1.62. The average molecular weight is 677 g/mol. The van der Waals surface area contributed by atoms with Gasteiger partial charge in [0.05, 0.1) is 24.3 Å². The number of thiazole rings is 2. The Kier molecular flexibility index (Phi) is 11.2. The summed E-state index contributed by atoms with van der Waals surface area (Å²) < 4.78 is 0. The number of amides is 4. The standard InChI is InChI=1S/C32H36N8O5S2/c1-19(2)28-32-36-23(17-47-32)29(44)33-13-6-14-40(27(43)12-10-21-9-11-25(41)39-38-21)16-26(42)34-22(15-20-7-4-3-5-8-20)31-35-24(18-46-31)30(45)37-28/h3-5,7-9,11,17-19,22,28H,6,10,12-16H2,1-2H3,(H,33,44)(H,34,42)(H,37,45)(H,39,41)/t22-,28-/m0/s1. The highest BCUT2D eigenvalue weighted by Crippen LogP contribution is 2.27. The second-order valence-corrected chi connectivity index (χ2v) is 13.3. The third-order valence-electron chi connectivity index (χ3n) is 7.55. The smallest absolute Gasteiger partial charge is 0.271 e. The van der Waals surface area contributed by atoms with Crippen LogP contribution in [0.5, 0.6) is 0 Å². The van der Waals surface area contributed by atoms with Crippen molar-refractivity contribution in [1.82, 2.24) is 41.0 Å². The van der Waals surface area contributed by atoms with Crippen LogP contribution < -0.4 is 21.5 Å². The molecule has 1 aliphatic rings. The molecule has 4 aromatic rings. The van der Waals surface area contributed by atoms with Crippen LogP contribution in [-0.2, 0) is 22.4 Å².